The van der Waals surface area contributed by atoms with Gasteiger partial charge in [-0.3, -0.25) is 0 Å². The Hall–Kier alpha value is -2.53. The third kappa shape index (κ3) is 3.04. The topological polar surface area (TPSA) is 58.8 Å². The Morgan fingerprint density at radius 2 is 2.05 bits per heavy atom. The van der Waals surface area contributed by atoms with Crippen molar-refractivity contribution < 1.29 is 9.84 Å². The van der Waals surface area contributed by atoms with Crippen molar-refractivity contribution in [2.75, 3.05) is 18.5 Å². The van der Waals surface area contributed by atoms with Gasteiger partial charge in [0.25, 0.3) is 0 Å². The second kappa shape index (κ2) is 6.49. The van der Waals surface area contributed by atoms with Crippen LogP contribution in [-0.2, 0) is 6.54 Å². The smallest absolute Gasteiger partial charge is 0.139 e. The minimum absolute atomic E-state index is 0.0215. The van der Waals surface area contributed by atoms with Gasteiger partial charge in [-0.05, 0) is 42.8 Å². The molecule has 1 aromatic carbocycles. The van der Waals surface area contributed by atoms with E-state index in [4.69, 9.17) is 9.84 Å². The van der Waals surface area contributed by atoms with Gasteiger partial charge < -0.3 is 19.6 Å². The average Bonchev–Trinajstić information content (AvgIpc) is 2.96. The fourth-order valence-corrected chi connectivity index (χ4v) is 2.36. The predicted molar refractivity (Wildman–Crippen MR) is 86.3 cm³/mol. The molecule has 5 heteroatoms. The maximum Gasteiger partial charge on any atom is 0.139 e. The van der Waals surface area contributed by atoms with Gasteiger partial charge in [0.15, 0.2) is 0 Å². The Bertz CT molecular complexity index is 750. The summed E-state index contributed by atoms with van der Waals surface area (Å²) in [6.45, 7) is 3.09. The highest BCUT2D eigenvalue weighted by Crippen LogP contribution is 2.17. The molecule has 0 saturated heterocycles. The maximum absolute atomic E-state index is 8.73. The molecule has 0 saturated carbocycles. The summed E-state index contributed by atoms with van der Waals surface area (Å²) in [5, 5.41) is 12.1. The molecule has 0 bridgehead atoms. The number of aliphatic hydroxyl groups excluding tert-OH is 1. The number of nitrogens with zero attached hydrogens (tertiary/aromatic N) is 2. The lowest BCUT2D eigenvalue weighted by molar-refractivity contribution is 0.201. The fourth-order valence-electron chi connectivity index (χ4n) is 2.36. The van der Waals surface area contributed by atoms with Crippen LogP contribution in [0, 0.1) is 6.92 Å². The Balaban J connectivity index is 1.67. The van der Waals surface area contributed by atoms with Crippen LogP contribution in [0.1, 0.15) is 11.3 Å². The first-order valence-corrected chi connectivity index (χ1v) is 7.27. The highest BCUT2D eigenvalue weighted by Gasteiger charge is 2.04. The Morgan fingerprint density at radius 3 is 2.82 bits per heavy atom. The monoisotopic (exact) mass is 297 g/mol. The quantitative estimate of drug-likeness (QED) is 0.734. The van der Waals surface area contributed by atoms with Crippen LogP contribution in [0.5, 0.6) is 5.75 Å². The SMILES string of the molecule is Cc1cccn2c(CNc3ccc(OCCO)cc3)cnc12. The number of nitrogens with one attached hydrogen (secondary N) is 1. The maximum atomic E-state index is 8.73. The molecule has 0 amide bonds. The molecule has 0 atom stereocenters. The van der Waals surface area contributed by atoms with Crippen molar-refractivity contribution in [1.82, 2.24) is 9.38 Å². The second-order valence-electron chi connectivity index (χ2n) is 5.08. The molecule has 0 radical (unpaired) electrons. The van der Waals surface area contributed by atoms with Gasteiger partial charge in [0.1, 0.15) is 18.0 Å². The van der Waals surface area contributed by atoms with Crippen molar-refractivity contribution in [3.05, 3.63) is 60.0 Å². The van der Waals surface area contributed by atoms with Gasteiger partial charge in [-0.2, -0.15) is 0 Å². The number of aryl methyl sites for hydroxylation is 1. The Morgan fingerprint density at radius 1 is 1.23 bits per heavy atom. The fraction of sp³-hybridized carbons (Fsp3) is 0.235. The van der Waals surface area contributed by atoms with Crippen LogP contribution in [0.3, 0.4) is 0 Å². The minimum atomic E-state index is 0.0215. The van der Waals surface area contributed by atoms with Gasteiger partial charge in [-0.25, -0.2) is 4.98 Å². The second-order valence-corrected chi connectivity index (χ2v) is 5.08. The summed E-state index contributed by atoms with van der Waals surface area (Å²) in [5.41, 5.74) is 4.28. The van der Waals surface area contributed by atoms with Gasteiger partial charge in [0, 0.05) is 11.9 Å². The van der Waals surface area contributed by atoms with Gasteiger partial charge in [0.05, 0.1) is 25.0 Å². The van der Waals surface area contributed by atoms with Crippen molar-refractivity contribution in [3.8, 4) is 5.75 Å². The zero-order valence-corrected chi connectivity index (χ0v) is 12.5. The van der Waals surface area contributed by atoms with Gasteiger partial charge >= 0.3 is 0 Å². The zero-order valence-electron chi connectivity index (χ0n) is 12.5. The highest BCUT2D eigenvalue weighted by atomic mass is 16.5. The molecule has 0 aliphatic carbocycles. The van der Waals surface area contributed by atoms with E-state index in [1.54, 1.807) is 0 Å². The van der Waals surface area contributed by atoms with E-state index in [1.165, 1.54) is 5.56 Å². The number of imidazole rings is 1. The molecule has 0 fully saturated rings. The van der Waals surface area contributed by atoms with Gasteiger partial charge in [-0.1, -0.05) is 6.07 Å². The third-order valence-electron chi connectivity index (χ3n) is 3.50. The third-order valence-corrected chi connectivity index (χ3v) is 3.50. The first kappa shape index (κ1) is 14.4. The molecule has 2 N–H and O–H groups in total. The summed E-state index contributed by atoms with van der Waals surface area (Å²) in [5.74, 6) is 0.755. The molecule has 2 heterocycles. The van der Waals surface area contributed by atoms with E-state index in [0.717, 1.165) is 22.8 Å². The number of hydrogen-bond donors (Lipinski definition) is 2. The van der Waals surface area contributed by atoms with Crippen LogP contribution >= 0.6 is 0 Å². The standard InChI is InChI=1S/C17H19N3O2/c1-13-3-2-8-20-15(12-19-17(13)20)11-18-14-4-6-16(7-5-14)22-10-9-21/h2-8,12,18,21H,9-11H2,1H3. The first-order chi connectivity index (χ1) is 10.8. The lowest BCUT2D eigenvalue weighted by Crippen LogP contribution is -2.03. The lowest BCUT2D eigenvalue weighted by Gasteiger charge is -2.08. The van der Waals surface area contributed by atoms with E-state index in [-0.39, 0.29) is 6.61 Å². The van der Waals surface area contributed by atoms with Crippen molar-refractivity contribution in [3.63, 3.8) is 0 Å². The summed E-state index contributed by atoms with van der Waals surface area (Å²) in [6.07, 6.45) is 3.92. The van der Waals surface area contributed by atoms with Crippen LogP contribution in [0.2, 0.25) is 0 Å². The number of ether oxygens (including phenoxy) is 1. The largest absolute Gasteiger partial charge is 0.491 e. The summed E-state index contributed by atoms with van der Waals surface area (Å²) in [6, 6.07) is 11.8. The molecular formula is C17H19N3O2. The number of fused-ring (bicyclic) bond motifs is 1. The molecule has 0 aliphatic heterocycles. The molecule has 22 heavy (non-hydrogen) atoms. The van der Waals surface area contributed by atoms with E-state index in [1.807, 2.05) is 42.7 Å². The van der Waals surface area contributed by atoms with Crippen LogP contribution < -0.4 is 10.1 Å². The van der Waals surface area contributed by atoms with Crippen LogP contribution in [0.15, 0.2) is 48.8 Å². The summed E-state index contributed by atoms with van der Waals surface area (Å²) < 4.78 is 7.44. The van der Waals surface area contributed by atoms with Crippen molar-refractivity contribution in [1.29, 1.82) is 0 Å². The summed E-state index contributed by atoms with van der Waals surface area (Å²) >= 11 is 0. The van der Waals surface area contributed by atoms with E-state index in [0.29, 0.717) is 13.2 Å². The molecule has 3 aromatic rings. The average molecular weight is 297 g/mol. The number of anilines is 1. The highest BCUT2D eigenvalue weighted by molar-refractivity contribution is 5.50. The Kier molecular flexibility index (Phi) is 4.25. The number of hydrogen-bond acceptors (Lipinski definition) is 4. The predicted octanol–water partition coefficient (Wildman–Crippen LogP) is 2.63. The number of pyridine rings is 1. The lowest BCUT2D eigenvalue weighted by atomic mass is 10.3. The molecule has 5 nitrogen and oxygen atoms in total. The molecule has 0 unspecified atom stereocenters. The van der Waals surface area contributed by atoms with Crippen LogP contribution in [0.25, 0.3) is 5.65 Å². The number of rotatable bonds is 6. The Labute approximate surface area is 129 Å². The van der Waals surface area contributed by atoms with E-state index in [9.17, 15) is 0 Å². The number of aromatic nitrogens is 2. The van der Waals surface area contributed by atoms with E-state index < -0.39 is 0 Å². The molecule has 2 aromatic heterocycles. The summed E-state index contributed by atoms with van der Waals surface area (Å²) in [7, 11) is 0. The van der Waals surface area contributed by atoms with Crippen LogP contribution in [0.4, 0.5) is 5.69 Å². The van der Waals surface area contributed by atoms with Gasteiger partial charge in [0.2, 0.25) is 0 Å². The first-order valence-electron chi connectivity index (χ1n) is 7.27. The molecule has 0 aliphatic rings. The molecule has 3 rings (SSSR count). The molecule has 114 valence electrons. The van der Waals surface area contributed by atoms with Crippen molar-refractivity contribution in [2.24, 2.45) is 0 Å². The molecule has 0 spiro atoms. The van der Waals surface area contributed by atoms with Crippen molar-refractivity contribution in [2.45, 2.75) is 13.5 Å². The van der Waals surface area contributed by atoms with Gasteiger partial charge in [-0.15, -0.1) is 0 Å². The summed E-state index contributed by atoms with van der Waals surface area (Å²) in [4.78, 5) is 4.46. The van der Waals surface area contributed by atoms with Crippen molar-refractivity contribution >= 4 is 11.3 Å². The van der Waals surface area contributed by atoms with Crippen LogP contribution in [-0.4, -0.2) is 27.7 Å². The number of benzene rings is 1. The number of aliphatic hydroxyl groups is 1. The normalized spacial score (nSPS) is 10.8. The molecular weight excluding hydrogens is 278 g/mol. The zero-order chi connectivity index (χ0) is 15.4. The van der Waals surface area contributed by atoms with E-state index >= 15 is 0 Å². The van der Waals surface area contributed by atoms with E-state index in [2.05, 4.69) is 27.7 Å². The minimum Gasteiger partial charge on any atom is -0.491 e.